The Bertz CT molecular complexity index is 1060. The molecule has 5 nitrogen and oxygen atoms in total. The van der Waals surface area contributed by atoms with Gasteiger partial charge in [0.15, 0.2) is 5.16 Å². The summed E-state index contributed by atoms with van der Waals surface area (Å²) < 4.78 is 14.9. The van der Waals surface area contributed by atoms with Crippen LogP contribution in [-0.2, 0) is 22.8 Å². The first kappa shape index (κ1) is 23.7. The SMILES string of the molecule is C=CCn1c(CSCc2ccc(Cl)c(Cl)c2)nnc1SCC(=O)Nc1ccc(F)cc1. The largest absolute Gasteiger partial charge is 0.325 e. The number of nitrogens with zero attached hydrogens (tertiary/aromatic N) is 3. The number of allylic oxidation sites excluding steroid dienone is 1. The molecule has 0 saturated carbocycles. The Morgan fingerprint density at radius 1 is 1.13 bits per heavy atom. The van der Waals surface area contributed by atoms with Crippen molar-refractivity contribution in [1.29, 1.82) is 0 Å². The molecule has 0 aliphatic carbocycles. The third-order valence-electron chi connectivity index (χ3n) is 4.05. The number of halogens is 3. The van der Waals surface area contributed by atoms with Crippen LogP contribution < -0.4 is 5.32 Å². The molecule has 162 valence electrons. The van der Waals surface area contributed by atoms with Gasteiger partial charge in [-0.25, -0.2) is 4.39 Å². The molecule has 10 heteroatoms. The van der Waals surface area contributed by atoms with Crippen molar-refractivity contribution >= 4 is 58.3 Å². The van der Waals surface area contributed by atoms with E-state index in [-0.39, 0.29) is 17.5 Å². The molecule has 1 amide bonds. The van der Waals surface area contributed by atoms with Crippen LogP contribution in [0.5, 0.6) is 0 Å². The van der Waals surface area contributed by atoms with Crippen molar-refractivity contribution in [3.8, 4) is 0 Å². The van der Waals surface area contributed by atoms with Crippen LogP contribution in [0, 0.1) is 5.82 Å². The second-order valence-corrected chi connectivity index (χ2v) is 9.13. The number of carbonyl (C=O) groups excluding carboxylic acids is 1. The molecule has 1 N–H and O–H groups in total. The molecule has 0 aliphatic heterocycles. The summed E-state index contributed by atoms with van der Waals surface area (Å²) in [5, 5.41) is 12.9. The lowest BCUT2D eigenvalue weighted by molar-refractivity contribution is -0.113. The van der Waals surface area contributed by atoms with Crippen LogP contribution >= 0.6 is 46.7 Å². The molecule has 3 rings (SSSR count). The van der Waals surface area contributed by atoms with E-state index in [0.717, 1.165) is 17.1 Å². The van der Waals surface area contributed by atoms with Crippen molar-refractivity contribution in [2.75, 3.05) is 11.1 Å². The van der Waals surface area contributed by atoms with Gasteiger partial charge in [-0.1, -0.05) is 47.1 Å². The lowest BCUT2D eigenvalue weighted by Gasteiger charge is -2.08. The summed E-state index contributed by atoms with van der Waals surface area (Å²) in [4.78, 5) is 12.2. The van der Waals surface area contributed by atoms with Gasteiger partial charge in [0, 0.05) is 18.0 Å². The zero-order chi connectivity index (χ0) is 22.2. The smallest absolute Gasteiger partial charge is 0.234 e. The van der Waals surface area contributed by atoms with Gasteiger partial charge in [-0.3, -0.25) is 4.79 Å². The first-order valence-electron chi connectivity index (χ1n) is 9.19. The predicted molar refractivity (Wildman–Crippen MR) is 127 cm³/mol. The van der Waals surface area contributed by atoms with Crippen molar-refractivity contribution in [2.45, 2.75) is 23.2 Å². The fourth-order valence-electron chi connectivity index (χ4n) is 2.59. The third kappa shape index (κ3) is 7.00. The maximum Gasteiger partial charge on any atom is 0.234 e. The predicted octanol–water partition coefficient (Wildman–Crippen LogP) is 6.07. The van der Waals surface area contributed by atoms with Crippen LogP contribution in [0.4, 0.5) is 10.1 Å². The molecule has 0 bridgehead atoms. The molecule has 3 aromatic rings. The van der Waals surface area contributed by atoms with Gasteiger partial charge in [0.2, 0.25) is 5.91 Å². The second-order valence-electron chi connectivity index (χ2n) is 6.38. The van der Waals surface area contributed by atoms with E-state index in [9.17, 15) is 9.18 Å². The monoisotopic (exact) mass is 496 g/mol. The Hall–Kier alpha value is -2.00. The molecule has 0 fully saturated rings. The Kier molecular flexibility index (Phi) is 8.83. The Labute approximate surface area is 198 Å². The molecule has 1 heterocycles. The summed E-state index contributed by atoms with van der Waals surface area (Å²) in [6.07, 6.45) is 1.76. The first-order chi connectivity index (χ1) is 15.0. The van der Waals surface area contributed by atoms with Gasteiger partial charge in [-0.15, -0.1) is 28.5 Å². The molecule has 2 aromatic carbocycles. The van der Waals surface area contributed by atoms with Gasteiger partial charge < -0.3 is 9.88 Å². The number of nitrogens with one attached hydrogen (secondary N) is 1. The first-order valence-corrected chi connectivity index (χ1v) is 12.1. The lowest BCUT2D eigenvalue weighted by atomic mass is 10.2. The minimum Gasteiger partial charge on any atom is -0.325 e. The van der Waals surface area contributed by atoms with Crippen molar-refractivity contribution in [3.05, 3.63) is 82.4 Å². The molecule has 1 aromatic heterocycles. The summed E-state index contributed by atoms with van der Waals surface area (Å²) in [6.45, 7) is 4.33. The maximum absolute atomic E-state index is 13.0. The van der Waals surface area contributed by atoms with Gasteiger partial charge >= 0.3 is 0 Å². The summed E-state index contributed by atoms with van der Waals surface area (Å²) in [7, 11) is 0. The average Bonchev–Trinajstić information content (AvgIpc) is 3.13. The van der Waals surface area contributed by atoms with Gasteiger partial charge in [0.25, 0.3) is 0 Å². The number of amides is 1. The fraction of sp³-hybridized carbons (Fsp3) is 0.190. The zero-order valence-corrected chi connectivity index (χ0v) is 19.5. The molecular weight excluding hydrogens is 478 g/mol. The van der Waals surface area contributed by atoms with Crippen LogP contribution in [0.2, 0.25) is 10.0 Å². The Morgan fingerprint density at radius 3 is 2.61 bits per heavy atom. The van der Waals surface area contributed by atoms with Crippen molar-refractivity contribution < 1.29 is 9.18 Å². The molecular formula is C21H19Cl2FN4OS2. The number of carbonyl (C=O) groups is 1. The normalized spacial score (nSPS) is 10.8. The molecule has 0 radical (unpaired) electrons. The minimum atomic E-state index is -0.352. The fourth-order valence-corrected chi connectivity index (χ4v) is 4.60. The van der Waals surface area contributed by atoms with Gasteiger partial charge in [0.1, 0.15) is 11.6 Å². The van der Waals surface area contributed by atoms with Gasteiger partial charge in [-0.05, 0) is 42.0 Å². The molecule has 0 spiro atoms. The zero-order valence-electron chi connectivity index (χ0n) is 16.4. The van der Waals surface area contributed by atoms with Crippen molar-refractivity contribution in [2.24, 2.45) is 0 Å². The van der Waals surface area contributed by atoms with Crippen LogP contribution in [0.25, 0.3) is 0 Å². The van der Waals surface area contributed by atoms with Crippen LogP contribution in [0.1, 0.15) is 11.4 Å². The third-order valence-corrected chi connectivity index (χ3v) is 6.75. The van der Waals surface area contributed by atoms with E-state index in [2.05, 4.69) is 22.1 Å². The maximum atomic E-state index is 13.0. The lowest BCUT2D eigenvalue weighted by Crippen LogP contribution is -2.14. The van der Waals surface area contributed by atoms with E-state index in [1.807, 2.05) is 16.7 Å². The highest BCUT2D eigenvalue weighted by Crippen LogP contribution is 2.26. The Morgan fingerprint density at radius 2 is 1.90 bits per heavy atom. The number of hydrogen-bond donors (Lipinski definition) is 1. The highest BCUT2D eigenvalue weighted by Gasteiger charge is 2.14. The average molecular weight is 497 g/mol. The molecule has 0 saturated heterocycles. The van der Waals surface area contributed by atoms with Gasteiger partial charge in [0.05, 0.1) is 21.6 Å². The van der Waals surface area contributed by atoms with E-state index in [0.29, 0.717) is 33.2 Å². The molecule has 0 atom stereocenters. The summed E-state index contributed by atoms with van der Waals surface area (Å²) >= 11 is 15.0. The van der Waals surface area contributed by atoms with E-state index < -0.39 is 0 Å². The van der Waals surface area contributed by atoms with E-state index in [1.165, 1.54) is 36.0 Å². The molecule has 0 unspecified atom stereocenters. The van der Waals surface area contributed by atoms with Crippen molar-refractivity contribution in [1.82, 2.24) is 14.8 Å². The summed E-state index contributed by atoms with van der Waals surface area (Å²) in [6, 6.07) is 11.2. The number of hydrogen-bond acceptors (Lipinski definition) is 5. The van der Waals surface area contributed by atoms with E-state index in [4.69, 9.17) is 23.2 Å². The quantitative estimate of drug-likeness (QED) is 0.272. The van der Waals surface area contributed by atoms with E-state index >= 15 is 0 Å². The molecule has 31 heavy (non-hydrogen) atoms. The minimum absolute atomic E-state index is 0.156. The topological polar surface area (TPSA) is 59.8 Å². The van der Waals surface area contributed by atoms with Crippen LogP contribution in [-0.4, -0.2) is 26.4 Å². The molecule has 0 aliphatic rings. The number of benzene rings is 2. The van der Waals surface area contributed by atoms with Crippen LogP contribution in [0.15, 0.2) is 60.3 Å². The van der Waals surface area contributed by atoms with Crippen LogP contribution in [0.3, 0.4) is 0 Å². The Balaban J connectivity index is 1.56. The summed E-state index contributed by atoms with van der Waals surface area (Å²) in [5.74, 6) is 1.79. The number of thioether (sulfide) groups is 2. The number of aromatic nitrogens is 3. The van der Waals surface area contributed by atoms with Crippen molar-refractivity contribution in [3.63, 3.8) is 0 Å². The standard InChI is InChI=1S/C21H19Cl2FN4OS2/c1-2-9-28-19(12-30-11-14-3-8-17(22)18(23)10-14)26-27-21(28)31-13-20(29)25-16-6-4-15(24)5-7-16/h2-8,10H,1,9,11-13H2,(H,25,29). The highest BCUT2D eigenvalue weighted by atomic mass is 35.5. The number of rotatable bonds is 10. The number of anilines is 1. The van der Waals surface area contributed by atoms with Gasteiger partial charge in [-0.2, -0.15) is 0 Å². The highest BCUT2D eigenvalue weighted by molar-refractivity contribution is 7.99. The second kappa shape index (κ2) is 11.6. The van der Waals surface area contributed by atoms with E-state index in [1.54, 1.807) is 23.9 Å². The summed E-state index contributed by atoms with van der Waals surface area (Å²) in [5.41, 5.74) is 1.61.